The van der Waals surface area contributed by atoms with Crippen LogP contribution in [-0.4, -0.2) is 47.6 Å². The maximum Gasteiger partial charge on any atom is 0.323 e. The van der Waals surface area contributed by atoms with Crippen LogP contribution in [0.4, 0.5) is 9.93 Å². The molecular weight excluding hydrogens is 328 g/mol. The van der Waals surface area contributed by atoms with E-state index in [0.29, 0.717) is 29.8 Å². The molecule has 0 bridgehead atoms. The monoisotopic (exact) mass is 348 g/mol. The third-order valence-corrected chi connectivity index (χ3v) is 4.81. The molecule has 1 fully saturated rings. The van der Waals surface area contributed by atoms with E-state index in [-0.39, 0.29) is 11.9 Å². The summed E-state index contributed by atoms with van der Waals surface area (Å²) in [5, 5.41) is 3.33. The van der Waals surface area contributed by atoms with Gasteiger partial charge in [0.1, 0.15) is 5.82 Å². The number of aryl methyl sites for hydroxylation is 1. The van der Waals surface area contributed by atoms with Gasteiger partial charge in [-0.15, -0.1) is 0 Å². The Balaban J connectivity index is 1.70. The maximum absolute atomic E-state index is 12.4. The first-order chi connectivity index (χ1) is 11.6. The Bertz CT molecular complexity index is 734. The van der Waals surface area contributed by atoms with Gasteiger partial charge in [-0.25, -0.2) is 9.78 Å². The van der Waals surface area contributed by atoms with Crippen molar-refractivity contribution < 1.29 is 14.3 Å². The lowest BCUT2D eigenvalue weighted by Crippen LogP contribution is -2.32. The van der Waals surface area contributed by atoms with Crippen LogP contribution in [0.15, 0.2) is 18.2 Å². The number of aromatic nitrogens is 2. The van der Waals surface area contributed by atoms with E-state index in [2.05, 4.69) is 14.7 Å². The molecule has 0 unspecified atom stereocenters. The van der Waals surface area contributed by atoms with Crippen LogP contribution in [0.25, 0.3) is 0 Å². The van der Waals surface area contributed by atoms with E-state index in [1.54, 1.807) is 26.0 Å². The molecule has 0 radical (unpaired) electrons. The number of carbonyl (C=O) groups excluding carboxylic acids is 1. The second-order valence-electron chi connectivity index (χ2n) is 5.59. The first-order valence-corrected chi connectivity index (χ1v) is 8.47. The molecule has 2 heterocycles. The van der Waals surface area contributed by atoms with Gasteiger partial charge in [0.15, 0.2) is 11.5 Å². The largest absolute Gasteiger partial charge is 0.493 e. The smallest absolute Gasteiger partial charge is 0.323 e. The Morgan fingerprint density at radius 3 is 2.88 bits per heavy atom. The van der Waals surface area contributed by atoms with E-state index in [4.69, 9.17) is 9.47 Å². The van der Waals surface area contributed by atoms with Crippen LogP contribution in [0.5, 0.6) is 11.5 Å². The summed E-state index contributed by atoms with van der Waals surface area (Å²) in [6.07, 6.45) is 0.881. The van der Waals surface area contributed by atoms with E-state index in [1.807, 2.05) is 18.2 Å². The van der Waals surface area contributed by atoms with E-state index in [1.165, 1.54) is 11.5 Å². The highest BCUT2D eigenvalue weighted by atomic mass is 32.1. The molecule has 1 aromatic carbocycles. The number of hydrogen-bond donors (Lipinski definition) is 1. The van der Waals surface area contributed by atoms with Crippen molar-refractivity contribution in [3.8, 4) is 11.5 Å². The number of nitrogens with zero attached hydrogens (tertiary/aromatic N) is 3. The minimum atomic E-state index is -0.143. The van der Waals surface area contributed by atoms with Gasteiger partial charge in [-0.05, 0) is 19.4 Å². The molecule has 1 atom stereocenters. The second-order valence-corrected chi connectivity index (χ2v) is 6.34. The van der Waals surface area contributed by atoms with E-state index < -0.39 is 0 Å². The van der Waals surface area contributed by atoms with E-state index >= 15 is 0 Å². The molecule has 8 heteroatoms. The predicted octanol–water partition coefficient (Wildman–Crippen LogP) is 2.89. The van der Waals surface area contributed by atoms with Gasteiger partial charge in [-0.2, -0.15) is 4.37 Å². The van der Waals surface area contributed by atoms with Crippen molar-refractivity contribution in [3.05, 3.63) is 29.6 Å². The van der Waals surface area contributed by atoms with Crippen LogP contribution < -0.4 is 14.8 Å². The Labute approximate surface area is 144 Å². The van der Waals surface area contributed by atoms with Gasteiger partial charge in [0.2, 0.25) is 5.13 Å². The Kier molecular flexibility index (Phi) is 4.84. The molecule has 3 rings (SSSR count). The van der Waals surface area contributed by atoms with E-state index in [0.717, 1.165) is 17.7 Å². The molecule has 0 aliphatic carbocycles. The van der Waals surface area contributed by atoms with Crippen molar-refractivity contribution in [1.82, 2.24) is 14.3 Å². The number of para-hydroxylation sites is 1. The summed E-state index contributed by atoms with van der Waals surface area (Å²) in [4.78, 5) is 18.3. The molecule has 1 aliphatic heterocycles. The standard InChI is InChI=1S/C16H20N4O3S/c1-10-17-15(24-19-10)18-16(21)20-8-7-11(9-20)12-5-4-6-13(22-2)14(12)23-3/h4-6,11H,7-9H2,1-3H3,(H,17,18,19,21)/t11-/m0/s1. The molecule has 2 aromatic rings. The molecule has 1 N–H and O–H groups in total. The fraction of sp³-hybridized carbons (Fsp3) is 0.438. The highest BCUT2D eigenvalue weighted by Gasteiger charge is 2.30. The maximum atomic E-state index is 12.4. The summed E-state index contributed by atoms with van der Waals surface area (Å²) in [7, 11) is 3.26. The number of ether oxygens (including phenoxy) is 2. The Morgan fingerprint density at radius 1 is 1.38 bits per heavy atom. The molecule has 2 amide bonds. The number of anilines is 1. The molecule has 128 valence electrons. The minimum absolute atomic E-state index is 0.143. The number of carbonyl (C=O) groups is 1. The summed E-state index contributed by atoms with van der Waals surface area (Å²) >= 11 is 1.19. The number of nitrogens with one attached hydrogen (secondary N) is 1. The van der Waals surface area contributed by atoms with Gasteiger partial charge in [0.25, 0.3) is 0 Å². The molecule has 0 spiro atoms. The van der Waals surface area contributed by atoms with Crippen LogP contribution >= 0.6 is 11.5 Å². The van der Waals surface area contributed by atoms with Crippen molar-refractivity contribution in [2.75, 3.05) is 32.6 Å². The highest BCUT2D eigenvalue weighted by molar-refractivity contribution is 7.09. The van der Waals surface area contributed by atoms with E-state index in [9.17, 15) is 4.79 Å². The highest BCUT2D eigenvalue weighted by Crippen LogP contribution is 2.39. The summed E-state index contributed by atoms with van der Waals surface area (Å²) < 4.78 is 14.9. The zero-order valence-electron chi connectivity index (χ0n) is 13.9. The van der Waals surface area contributed by atoms with Crippen LogP contribution in [0.3, 0.4) is 0 Å². The van der Waals surface area contributed by atoms with Gasteiger partial charge in [0.05, 0.1) is 14.2 Å². The summed E-state index contributed by atoms with van der Waals surface area (Å²) in [5.74, 6) is 2.34. The quantitative estimate of drug-likeness (QED) is 0.919. The summed E-state index contributed by atoms with van der Waals surface area (Å²) in [6.45, 7) is 3.12. The lowest BCUT2D eigenvalue weighted by Gasteiger charge is -2.19. The predicted molar refractivity (Wildman–Crippen MR) is 92.1 cm³/mol. The number of urea groups is 1. The zero-order chi connectivity index (χ0) is 17.1. The van der Waals surface area contributed by atoms with Crippen molar-refractivity contribution in [2.24, 2.45) is 0 Å². The van der Waals surface area contributed by atoms with Gasteiger partial charge in [0, 0.05) is 36.1 Å². The average Bonchev–Trinajstić information content (AvgIpc) is 3.23. The number of benzene rings is 1. The topological polar surface area (TPSA) is 76.6 Å². The van der Waals surface area contributed by atoms with Crippen molar-refractivity contribution in [1.29, 1.82) is 0 Å². The Hall–Kier alpha value is -2.35. The molecule has 7 nitrogen and oxygen atoms in total. The molecule has 24 heavy (non-hydrogen) atoms. The number of rotatable bonds is 4. The molecule has 1 aliphatic rings. The molecule has 1 saturated heterocycles. The second kappa shape index (κ2) is 7.04. The minimum Gasteiger partial charge on any atom is -0.493 e. The lowest BCUT2D eigenvalue weighted by atomic mass is 9.97. The van der Waals surface area contributed by atoms with Crippen molar-refractivity contribution in [2.45, 2.75) is 19.3 Å². The normalized spacial score (nSPS) is 17.0. The summed E-state index contributed by atoms with van der Waals surface area (Å²) in [6, 6.07) is 5.71. The van der Waals surface area contributed by atoms with Crippen LogP contribution in [0.2, 0.25) is 0 Å². The van der Waals surface area contributed by atoms with Crippen LogP contribution in [-0.2, 0) is 0 Å². The molecule has 1 aromatic heterocycles. The fourth-order valence-electron chi connectivity index (χ4n) is 2.95. The SMILES string of the molecule is COc1cccc([C@H]2CCN(C(=O)Nc3nc(C)ns3)C2)c1OC. The lowest BCUT2D eigenvalue weighted by molar-refractivity contribution is 0.222. The van der Waals surface area contributed by atoms with Crippen molar-refractivity contribution in [3.63, 3.8) is 0 Å². The molecule has 0 saturated carbocycles. The number of likely N-dealkylation sites (tertiary alicyclic amines) is 1. The van der Waals surface area contributed by atoms with Gasteiger partial charge in [-0.3, -0.25) is 5.32 Å². The first-order valence-electron chi connectivity index (χ1n) is 7.69. The summed E-state index contributed by atoms with van der Waals surface area (Å²) in [5.41, 5.74) is 1.07. The number of hydrogen-bond acceptors (Lipinski definition) is 6. The number of amides is 2. The van der Waals surface area contributed by atoms with Gasteiger partial charge >= 0.3 is 6.03 Å². The van der Waals surface area contributed by atoms with Crippen molar-refractivity contribution >= 4 is 22.7 Å². The Morgan fingerprint density at radius 2 is 2.21 bits per heavy atom. The average molecular weight is 348 g/mol. The van der Waals surface area contributed by atoms with Crippen LogP contribution in [0.1, 0.15) is 23.7 Å². The third-order valence-electron chi connectivity index (χ3n) is 4.09. The number of methoxy groups -OCH3 is 2. The third kappa shape index (κ3) is 3.28. The first kappa shape index (κ1) is 16.5. The van der Waals surface area contributed by atoms with Gasteiger partial charge in [-0.1, -0.05) is 12.1 Å². The van der Waals surface area contributed by atoms with Gasteiger partial charge < -0.3 is 14.4 Å². The van der Waals surface area contributed by atoms with Crippen LogP contribution in [0, 0.1) is 6.92 Å². The fourth-order valence-corrected chi connectivity index (χ4v) is 3.52. The molecular formula is C16H20N4O3S. The zero-order valence-corrected chi connectivity index (χ0v) is 14.7.